The van der Waals surface area contributed by atoms with E-state index in [-0.39, 0.29) is 5.91 Å². The van der Waals surface area contributed by atoms with E-state index in [0.717, 1.165) is 26.1 Å². The maximum absolute atomic E-state index is 11.6. The van der Waals surface area contributed by atoms with Crippen LogP contribution in [0.1, 0.15) is 19.3 Å². The molecule has 17 heavy (non-hydrogen) atoms. The number of piperidine rings is 1. The quantitative estimate of drug-likeness (QED) is 0.637. The zero-order valence-corrected chi connectivity index (χ0v) is 10.5. The van der Waals surface area contributed by atoms with E-state index in [1.54, 1.807) is 0 Å². The van der Waals surface area contributed by atoms with Gasteiger partial charge in [0, 0.05) is 13.1 Å². The molecule has 0 aromatic rings. The average molecular weight is 238 g/mol. The van der Waals surface area contributed by atoms with E-state index in [2.05, 4.69) is 15.5 Å². The Hall–Kier alpha value is -1.12. The minimum absolute atomic E-state index is 0.0327. The lowest BCUT2D eigenvalue weighted by molar-refractivity contribution is -0.122. The number of rotatable bonds is 6. The number of nitriles is 1. The molecule has 1 heterocycles. The standard InChI is InChI=1S/C12H22N4O/c1-14-8-11-4-2-7-16(9-11)10-12(17)15-6-3-5-13/h11,14H,2-4,6-10H2,1H3,(H,15,17). The normalized spacial score (nSPS) is 20.8. The second-order valence-corrected chi connectivity index (χ2v) is 4.56. The van der Waals surface area contributed by atoms with E-state index < -0.39 is 0 Å². The summed E-state index contributed by atoms with van der Waals surface area (Å²) >= 11 is 0. The highest BCUT2D eigenvalue weighted by molar-refractivity contribution is 5.78. The zero-order valence-electron chi connectivity index (χ0n) is 10.5. The SMILES string of the molecule is CNCC1CCCN(CC(=O)NCCC#N)C1. The maximum Gasteiger partial charge on any atom is 0.234 e. The molecule has 1 rings (SSSR count). The Morgan fingerprint density at radius 3 is 3.12 bits per heavy atom. The smallest absolute Gasteiger partial charge is 0.234 e. The van der Waals surface area contributed by atoms with Crippen molar-refractivity contribution in [3.63, 3.8) is 0 Å². The lowest BCUT2D eigenvalue weighted by atomic mass is 9.98. The first kappa shape index (κ1) is 13.9. The molecular formula is C12H22N4O. The summed E-state index contributed by atoms with van der Waals surface area (Å²) in [7, 11) is 1.97. The third-order valence-electron chi connectivity index (χ3n) is 3.02. The van der Waals surface area contributed by atoms with Gasteiger partial charge in [0.1, 0.15) is 0 Å². The van der Waals surface area contributed by atoms with Crippen molar-refractivity contribution < 1.29 is 4.79 Å². The van der Waals surface area contributed by atoms with Gasteiger partial charge >= 0.3 is 0 Å². The van der Waals surface area contributed by atoms with Crippen molar-refractivity contribution in [2.75, 3.05) is 39.8 Å². The predicted octanol–water partition coefficient (Wildman–Crippen LogP) is -0.0523. The molecule has 0 saturated carbocycles. The summed E-state index contributed by atoms with van der Waals surface area (Å²) in [4.78, 5) is 13.8. The summed E-state index contributed by atoms with van der Waals surface area (Å²) in [5.74, 6) is 0.686. The Bertz CT molecular complexity index is 272. The van der Waals surface area contributed by atoms with Crippen molar-refractivity contribution >= 4 is 5.91 Å². The second kappa shape index (κ2) is 8.04. The first-order chi connectivity index (χ1) is 8.26. The zero-order chi connectivity index (χ0) is 12.5. The lowest BCUT2D eigenvalue weighted by Crippen LogP contribution is -2.44. The minimum Gasteiger partial charge on any atom is -0.354 e. The van der Waals surface area contributed by atoms with Crippen LogP contribution in [0.4, 0.5) is 0 Å². The van der Waals surface area contributed by atoms with Crippen LogP contribution in [0.5, 0.6) is 0 Å². The van der Waals surface area contributed by atoms with Gasteiger partial charge in [0.2, 0.25) is 5.91 Å². The van der Waals surface area contributed by atoms with Crippen LogP contribution >= 0.6 is 0 Å². The van der Waals surface area contributed by atoms with Crippen LogP contribution in [-0.4, -0.2) is 50.6 Å². The Morgan fingerprint density at radius 1 is 1.59 bits per heavy atom. The largest absolute Gasteiger partial charge is 0.354 e. The fourth-order valence-electron chi connectivity index (χ4n) is 2.27. The van der Waals surface area contributed by atoms with Crippen molar-refractivity contribution in [2.24, 2.45) is 5.92 Å². The van der Waals surface area contributed by atoms with Crippen LogP contribution in [0, 0.1) is 17.2 Å². The highest BCUT2D eigenvalue weighted by Gasteiger charge is 2.20. The van der Waals surface area contributed by atoms with Gasteiger partial charge in [-0.2, -0.15) is 5.26 Å². The first-order valence-corrected chi connectivity index (χ1v) is 6.27. The van der Waals surface area contributed by atoms with Gasteiger partial charge < -0.3 is 10.6 Å². The van der Waals surface area contributed by atoms with Crippen LogP contribution in [-0.2, 0) is 4.79 Å². The van der Waals surface area contributed by atoms with Gasteiger partial charge in [-0.05, 0) is 38.9 Å². The number of likely N-dealkylation sites (tertiary alicyclic amines) is 1. The van der Waals surface area contributed by atoms with Crippen molar-refractivity contribution in [1.29, 1.82) is 5.26 Å². The van der Waals surface area contributed by atoms with E-state index in [1.165, 1.54) is 6.42 Å². The van der Waals surface area contributed by atoms with Gasteiger partial charge in [-0.1, -0.05) is 0 Å². The Balaban J connectivity index is 2.21. The van der Waals surface area contributed by atoms with E-state index in [1.807, 2.05) is 13.1 Å². The molecule has 1 aliphatic heterocycles. The van der Waals surface area contributed by atoms with Crippen LogP contribution in [0.25, 0.3) is 0 Å². The monoisotopic (exact) mass is 238 g/mol. The molecule has 0 radical (unpaired) electrons. The molecule has 5 heteroatoms. The van der Waals surface area contributed by atoms with E-state index in [0.29, 0.717) is 25.4 Å². The fourth-order valence-corrected chi connectivity index (χ4v) is 2.27. The molecule has 1 amide bonds. The second-order valence-electron chi connectivity index (χ2n) is 4.56. The van der Waals surface area contributed by atoms with Gasteiger partial charge in [-0.3, -0.25) is 9.69 Å². The van der Waals surface area contributed by atoms with Crippen LogP contribution in [0.15, 0.2) is 0 Å². The number of hydrogen-bond acceptors (Lipinski definition) is 4. The number of nitrogens with one attached hydrogen (secondary N) is 2. The Kier molecular flexibility index (Phi) is 6.60. The number of hydrogen-bond donors (Lipinski definition) is 2. The maximum atomic E-state index is 11.6. The molecule has 0 aromatic heterocycles. The van der Waals surface area contributed by atoms with Crippen molar-refractivity contribution in [3.8, 4) is 6.07 Å². The molecule has 1 fully saturated rings. The summed E-state index contributed by atoms with van der Waals surface area (Å²) in [5, 5.41) is 14.3. The first-order valence-electron chi connectivity index (χ1n) is 6.27. The fraction of sp³-hybridized carbons (Fsp3) is 0.833. The molecular weight excluding hydrogens is 216 g/mol. The summed E-state index contributed by atoms with van der Waals surface area (Å²) in [5.41, 5.74) is 0. The van der Waals surface area contributed by atoms with Crippen LogP contribution < -0.4 is 10.6 Å². The molecule has 1 saturated heterocycles. The number of carbonyl (C=O) groups is 1. The number of amides is 1. The van der Waals surface area contributed by atoms with Gasteiger partial charge in [0.25, 0.3) is 0 Å². The number of carbonyl (C=O) groups excluding carboxylic acids is 1. The van der Waals surface area contributed by atoms with Crippen LogP contribution in [0.3, 0.4) is 0 Å². The third kappa shape index (κ3) is 5.66. The summed E-state index contributed by atoms with van der Waals surface area (Å²) in [6, 6.07) is 2.01. The van der Waals surface area contributed by atoms with Gasteiger partial charge in [0.05, 0.1) is 19.0 Å². The van der Waals surface area contributed by atoms with Crippen molar-refractivity contribution in [3.05, 3.63) is 0 Å². The molecule has 2 N–H and O–H groups in total. The molecule has 1 unspecified atom stereocenters. The Morgan fingerprint density at radius 2 is 2.41 bits per heavy atom. The lowest BCUT2D eigenvalue weighted by Gasteiger charge is -2.32. The van der Waals surface area contributed by atoms with Crippen molar-refractivity contribution in [2.45, 2.75) is 19.3 Å². The van der Waals surface area contributed by atoms with Crippen LogP contribution in [0.2, 0.25) is 0 Å². The van der Waals surface area contributed by atoms with Gasteiger partial charge in [-0.25, -0.2) is 0 Å². The summed E-state index contributed by atoms with van der Waals surface area (Å²) < 4.78 is 0. The highest BCUT2D eigenvalue weighted by atomic mass is 16.2. The van der Waals surface area contributed by atoms with E-state index in [4.69, 9.17) is 5.26 Å². The third-order valence-corrected chi connectivity index (χ3v) is 3.02. The molecule has 0 spiro atoms. The van der Waals surface area contributed by atoms with Gasteiger partial charge in [-0.15, -0.1) is 0 Å². The summed E-state index contributed by atoms with van der Waals surface area (Å²) in [6.07, 6.45) is 2.79. The minimum atomic E-state index is 0.0327. The molecule has 5 nitrogen and oxygen atoms in total. The van der Waals surface area contributed by atoms with E-state index >= 15 is 0 Å². The molecule has 0 aromatic carbocycles. The predicted molar refractivity (Wildman–Crippen MR) is 66.3 cm³/mol. The molecule has 1 atom stereocenters. The highest BCUT2D eigenvalue weighted by Crippen LogP contribution is 2.14. The number of nitrogens with zero attached hydrogens (tertiary/aromatic N) is 2. The van der Waals surface area contributed by atoms with Crippen molar-refractivity contribution in [1.82, 2.24) is 15.5 Å². The van der Waals surface area contributed by atoms with Gasteiger partial charge in [0.15, 0.2) is 0 Å². The average Bonchev–Trinajstić information content (AvgIpc) is 2.30. The molecule has 0 bridgehead atoms. The summed E-state index contributed by atoms with van der Waals surface area (Å²) in [6.45, 7) is 3.94. The Labute approximate surface area is 103 Å². The topological polar surface area (TPSA) is 68.2 Å². The molecule has 0 aliphatic carbocycles. The molecule has 96 valence electrons. The van der Waals surface area contributed by atoms with E-state index in [9.17, 15) is 4.79 Å². The molecule has 1 aliphatic rings.